The van der Waals surface area contributed by atoms with E-state index in [0.717, 1.165) is 16.7 Å². The molecule has 30 heavy (non-hydrogen) atoms. The zero-order valence-corrected chi connectivity index (χ0v) is 16.8. The summed E-state index contributed by atoms with van der Waals surface area (Å²) >= 11 is 0. The molecule has 4 nitrogen and oxygen atoms in total. The molecule has 3 aromatic rings. The smallest absolute Gasteiger partial charge is 0.295 e. The van der Waals surface area contributed by atoms with Crippen molar-refractivity contribution in [2.75, 3.05) is 6.54 Å². The van der Waals surface area contributed by atoms with Crippen LogP contribution in [0.5, 0.6) is 0 Å². The summed E-state index contributed by atoms with van der Waals surface area (Å²) in [4.78, 5) is 27.5. The Morgan fingerprint density at radius 2 is 1.47 bits per heavy atom. The van der Waals surface area contributed by atoms with E-state index in [-0.39, 0.29) is 11.3 Å². The maximum absolute atomic E-state index is 13.0. The van der Waals surface area contributed by atoms with E-state index in [1.54, 1.807) is 29.2 Å². The summed E-state index contributed by atoms with van der Waals surface area (Å²) in [7, 11) is 0. The van der Waals surface area contributed by atoms with Gasteiger partial charge in [-0.05, 0) is 24.5 Å². The van der Waals surface area contributed by atoms with Gasteiger partial charge in [-0.2, -0.15) is 0 Å². The Balaban J connectivity index is 1.78. The van der Waals surface area contributed by atoms with Crippen LogP contribution < -0.4 is 0 Å². The van der Waals surface area contributed by atoms with Crippen LogP contribution in [0.25, 0.3) is 5.76 Å². The van der Waals surface area contributed by atoms with Crippen molar-refractivity contribution in [1.29, 1.82) is 0 Å². The summed E-state index contributed by atoms with van der Waals surface area (Å²) in [5.74, 6) is -1.36. The van der Waals surface area contributed by atoms with Crippen molar-refractivity contribution in [3.8, 4) is 0 Å². The van der Waals surface area contributed by atoms with E-state index in [2.05, 4.69) is 0 Å². The quantitative estimate of drug-likeness (QED) is 0.387. The third-order valence-electron chi connectivity index (χ3n) is 5.46. The summed E-state index contributed by atoms with van der Waals surface area (Å²) in [6, 6.07) is 25.9. The molecule has 1 saturated heterocycles. The zero-order chi connectivity index (χ0) is 21.1. The number of aliphatic hydroxyl groups is 1. The molecule has 0 bridgehead atoms. The lowest BCUT2D eigenvalue weighted by Crippen LogP contribution is -2.31. The molecule has 0 spiro atoms. The van der Waals surface area contributed by atoms with E-state index < -0.39 is 17.7 Å². The summed E-state index contributed by atoms with van der Waals surface area (Å²) < 4.78 is 0. The second-order valence-corrected chi connectivity index (χ2v) is 7.50. The molecule has 0 unspecified atom stereocenters. The van der Waals surface area contributed by atoms with E-state index >= 15 is 0 Å². The van der Waals surface area contributed by atoms with Gasteiger partial charge in [-0.25, -0.2) is 0 Å². The first kappa shape index (κ1) is 19.6. The summed E-state index contributed by atoms with van der Waals surface area (Å²) in [6.45, 7) is 2.37. The Hall–Kier alpha value is -3.66. The van der Waals surface area contributed by atoms with Gasteiger partial charge in [0, 0.05) is 12.1 Å². The van der Waals surface area contributed by atoms with Gasteiger partial charge in [-0.1, -0.05) is 90.5 Å². The largest absolute Gasteiger partial charge is 0.507 e. The lowest BCUT2D eigenvalue weighted by atomic mass is 9.94. The number of benzene rings is 3. The van der Waals surface area contributed by atoms with Crippen molar-refractivity contribution in [3.05, 3.63) is 113 Å². The number of carbonyl (C=O) groups excluding carboxylic acids is 2. The van der Waals surface area contributed by atoms with Crippen LogP contribution in [0.4, 0.5) is 0 Å². The van der Waals surface area contributed by atoms with Crippen LogP contribution in [-0.2, 0) is 16.0 Å². The predicted octanol–water partition coefficient (Wildman–Crippen LogP) is 4.66. The van der Waals surface area contributed by atoms with E-state index in [1.807, 2.05) is 67.6 Å². The lowest BCUT2D eigenvalue weighted by molar-refractivity contribution is -0.139. The van der Waals surface area contributed by atoms with Gasteiger partial charge >= 0.3 is 0 Å². The molecule has 150 valence electrons. The summed E-state index contributed by atoms with van der Waals surface area (Å²) in [5.41, 5.74) is 3.65. The van der Waals surface area contributed by atoms with Gasteiger partial charge < -0.3 is 10.0 Å². The average molecular weight is 397 g/mol. The van der Waals surface area contributed by atoms with Gasteiger partial charge in [0.25, 0.3) is 11.7 Å². The van der Waals surface area contributed by atoms with Gasteiger partial charge in [0.2, 0.25) is 0 Å². The van der Waals surface area contributed by atoms with E-state index in [0.29, 0.717) is 18.5 Å². The maximum Gasteiger partial charge on any atom is 0.295 e. The number of carbonyl (C=O) groups is 2. The number of nitrogens with zero attached hydrogens (tertiary/aromatic N) is 1. The standard InChI is InChI=1S/C26H23NO3/c1-18-12-14-20(15-13-18)23-22(24(28)21-10-6-3-7-11-21)25(29)26(30)27(23)17-16-19-8-4-2-5-9-19/h2-15,23,28H,16-17H2,1H3/t23-/m0/s1. The highest BCUT2D eigenvalue weighted by atomic mass is 16.3. The zero-order valence-electron chi connectivity index (χ0n) is 16.8. The second kappa shape index (κ2) is 8.37. The molecule has 1 heterocycles. The first-order valence-electron chi connectivity index (χ1n) is 10.0. The fourth-order valence-electron chi connectivity index (χ4n) is 3.85. The number of aryl methyl sites for hydroxylation is 1. The van der Waals surface area contributed by atoms with Crippen LogP contribution in [0.3, 0.4) is 0 Å². The highest BCUT2D eigenvalue weighted by molar-refractivity contribution is 6.46. The van der Waals surface area contributed by atoms with E-state index in [9.17, 15) is 14.7 Å². The van der Waals surface area contributed by atoms with Crippen LogP contribution in [0.2, 0.25) is 0 Å². The van der Waals surface area contributed by atoms with Gasteiger partial charge in [0.15, 0.2) is 0 Å². The second-order valence-electron chi connectivity index (χ2n) is 7.50. The number of hydrogen-bond donors (Lipinski definition) is 1. The topological polar surface area (TPSA) is 57.6 Å². The van der Waals surface area contributed by atoms with E-state index in [4.69, 9.17) is 0 Å². The molecule has 1 aliphatic rings. The summed E-state index contributed by atoms with van der Waals surface area (Å²) in [6.07, 6.45) is 0.627. The Bertz CT molecular complexity index is 1090. The molecule has 1 N–H and O–H groups in total. The maximum atomic E-state index is 13.0. The molecule has 0 saturated carbocycles. The van der Waals surface area contributed by atoms with Crippen LogP contribution in [0, 0.1) is 6.92 Å². The van der Waals surface area contributed by atoms with Crippen LogP contribution in [-0.4, -0.2) is 28.2 Å². The monoisotopic (exact) mass is 397 g/mol. The molecule has 0 aromatic heterocycles. The number of aliphatic hydroxyl groups excluding tert-OH is 1. The first-order valence-corrected chi connectivity index (χ1v) is 10.0. The van der Waals surface area contributed by atoms with Gasteiger partial charge in [0.1, 0.15) is 5.76 Å². The minimum absolute atomic E-state index is 0.137. The fourth-order valence-corrected chi connectivity index (χ4v) is 3.85. The molecule has 1 amide bonds. The number of amides is 1. The van der Waals surface area contributed by atoms with Crippen molar-refractivity contribution >= 4 is 17.4 Å². The SMILES string of the molecule is Cc1ccc([C@H]2C(=C(O)c3ccccc3)C(=O)C(=O)N2CCc2ccccc2)cc1. The molecular weight excluding hydrogens is 374 g/mol. The van der Waals surface area contributed by atoms with Crippen molar-refractivity contribution in [1.82, 2.24) is 4.90 Å². The number of rotatable bonds is 5. The average Bonchev–Trinajstić information content (AvgIpc) is 3.04. The molecule has 0 aliphatic carbocycles. The molecule has 1 atom stereocenters. The number of ketones is 1. The van der Waals surface area contributed by atoms with Crippen molar-refractivity contribution < 1.29 is 14.7 Å². The van der Waals surface area contributed by atoms with Gasteiger partial charge in [0.05, 0.1) is 11.6 Å². The first-order chi connectivity index (χ1) is 14.6. The Morgan fingerprint density at radius 1 is 0.867 bits per heavy atom. The Kier molecular flexibility index (Phi) is 5.48. The molecule has 1 fully saturated rings. The molecule has 4 heteroatoms. The normalized spacial score (nSPS) is 18.0. The molecular formula is C26H23NO3. The van der Waals surface area contributed by atoms with Gasteiger partial charge in [-0.15, -0.1) is 0 Å². The minimum Gasteiger partial charge on any atom is -0.507 e. The predicted molar refractivity (Wildman–Crippen MR) is 117 cm³/mol. The lowest BCUT2D eigenvalue weighted by Gasteiger charge is -2.25. The highest BCUT2D eigenvalue weighted by Gasteiger charge is 2.45. The highest BCUT2D eigenvalue weighted by Crippen LogP contribution is 2.39. The minimum atomic E-state index is -0.644. The van der Waals surface area contributed by atoms with Crippen molar-refractivity contribution in [2.24, 2.45) is 0 Å². The molecule has 4 rings (SSSR count). The van der Waals surface area contributed by atoms with Crippen molar-refractivity contribution in [2.45, 2.75) is 19.4 Å². The summed E-state index contributed by atoms with van der Waals surface area (Å²) in [5, 5.41) is 11.0. The van der Waals surface area contributed by atoms with E-state index in [1.165, 1.54) is 0 Å². The molecule has 1 aliphatic heterocycles. The van der Waals surface area contributed by atoms with Crippen molar-refractivity contribution in [3.63, 3.8) is 0 Å². The van der Waals surface area contributed by atoms with Crippen LogP contribution in [0.1, 0.15) is 28.3 Å². The fraction of sp³-hybridized carbons (Fsp3) is 0.154. The number of hydrogen-bond acceptors (Lipinski definition) is 3. The third-order valence-corrected chi connectivity index (χ3v) is 5.46. The number of likely N-dealkylation sites (tertiary alicyclic amines) is 1. The number of Topliss-reactive ketones (excluding diaryl/α,β-unsaturated/α-hetero) is 1. The van der Waals surface area contributed by atoms with Gasteiger partial charge in [-0.3, -0.25) is 9.59 Å². The Labute approximate surface area is 176 Å². The third kappa shape index (κ3) is 3.77. The van der Waals surface area contributed by atoms with Crippen LogP contribution >= 0.6 is 0 Å². The van der Waals surface area contributed by atoms with Crippen LogP contribution in [0.15, 0.2) is 90.5 Å². The molecule has 0 radical (unpaired) electrons. The molecule has 3 aromatic carbocycles. The Morgan fingerprint density at radius 3 is 2.10 bits per heavy atom.